The lowest BCUT2D eigenvalue weighted by Crippen LogP contribution is -2.40. The molecular formula is C40H36. The second-order valence-electron chi connectivity index (χ2n) is 11.5. The van der Waals surface area contributed by atoms with Gasteiger partial charge in [0.2, 0.25) is 0 Å². The predicted molar refractivity (Wildman–Crippen MR) is 169 cm³/mol. The smallest absolute Gasteiger partial charge is 0.0415 e. The van der Waals surface area contributed by atoms with Crippen LogP contribution in [0.4, 0.5) is 0 Å². The van der Waals surface area contributed by atoms with Gasteiger partial charge in [0.05, 0.1) is 0 Å². The largest absolute Gasteiger partial charge is 0.0722 e. The fraction of sp³-hybridized carbons (Fsp3) is 0.200. The lowest BCUT2D eigenvalue weighted by molar-refractivity contribution is 0.416. The maximum absolute atomic E-state index is 2.57. The number of fused-ring (bicyclic) bond motifs is 4. The molecule has 0 N–H and O–H groups in total. The van der Waals surface area contributed by atoms with Crippen molar-refractivity contribution in [3.8, 4) is 11.1 Å². The van der Waals surface area contributed by atoms with E-state index in [2.05, 4.69) is 148 Å². The van der Waals surface area contributed by atoms with Crippen LogP contribution < -0.4 is 0 Å². The van der Waals surface area contributed by atoms with Gasteiger partial charge < -0.3 is 0 Å². The molecule has 5 aromatic carbocycles. The van der Waals surface area contributed by atoms with E-state index in [0.29, 0.717) is 0 Å². The Kier molecular flexibility index (Phi) is 6.08. The number of rotatable bonds is 6. The molecule has 0 saturated heterocycles. The van der Waals surface area contributed by atoms with Crippen LogP contribution in [0.5, 0.6) is 0 Å². The van der Waals surface area contributed by atoms with E-state index in [-0.39, 0.29) is 17.3 Å². The summed E-state index contributed by atoms with van der Waals surface area (Å²) in [6.07, 6.45) is 4.63. The van der Waals surface area contributed by atoms with E-state index in [1.807, 2.05) is 0 Å². The molecule has 0 amide bonds. The highest BCUT2D eigenvalue weighted by Gasteiger charge is 2.53. The molecule has 0 fully saturated rings. The van der Waals surface area contributed by atoms with Gasteiger partial charge in [-0.15, -0.1) is 0 Å². The van der Waals surface area contributed by atoms with Crippen molar-refractivity contribution in [3.63, 3.8) is 0 Å². The lowest BCUT2D eigenvalue weighted by Gasteiger charge is -2.46. The van der Waals surface area contributed by atoms with E-state index in [0.717, 1.165) is 12.8 Å². The molecule has 5 aromatic rings. The average molecular weight is 517 g/mol. The third-order valence-electron chi connectivity index (χ3n) is 9.55. The Labute approximate surface area is 239 Å². The summed E-state index contributed by atoms with van der Waals surface area (Å²) in [6.45, 7) is 6.84. The Morgan fingerprint density at radius 3 is 1.55 bits per heavy atom. The van der Waals surface area contributed by atoms with Gasteiger partial charge in [0, 0.05) is 17.3 Å². The number of aryl methyl sites for hydroxylation is 2. The first-order chi connectivity index (χ1) is 19.7. The fourth-order valence-electron chi connectivity index (χ4n) is 7.69. The second-order valence-corrected chi connectivity index (χ2v) is 11.5. The Morgan fingerprint density at radius 2 is 1.02 bits per heavy atom. The number of hydrogen-bond donors (Lipinski definition) is 0. The SMILES string of the molecule is CCc1ccc2c(c1)C(C(c1ccccc1)(c1ccccc1)C1C=C(C)c3ccccc31)c1cc(CC)ccc1-2. The Hall–Kier alpha value is -4.16. The van der Waals surface area contributed by atoms with Gasteiger partial charge >= 0.3 is 0 Å². The summed E-state index contributed by atoms with van der Waals surface area (Å²) >= 11 is 0. The third kappa shape index (κ3) is 3.59. The van der Waals surface area contributed by atoms with Crippen LogP contribution >= 0.6 is 0 Å². The molecule has 2 aliphatic carbocycles. The third-order valence-corrected chi connectivity index (χ3v) is 9.55. The van der Waals surface area contributed by atoms with Crippen LogP contribution in [0.15, 0.2) is 127 Å². The molecule has 1 atom stereocenters. The Balaban J connectivity index is 1.65. The Morgan fingerprint density at radius 1 is 0.525 bits per heavy atom. The summed E-state index contributed by atoms with van der Waals surface area (Å²) in [6, 6.07) is 46.3. The summed E-state index contributed by atoms with van der Waals surface area (Å²) in [4.78, 5) is 0. The van der Waals surface area contributed by atoms with E-state index in [1.54, 1.807) is 0 Å². The molecule has 1 unspecified atom stereocenters. The standard InChI is InChI=1S/C40H36/c1-4-28-20-22-33-34-23-21-29(5-2)26-37(34)39(36(33)25-28)40(30-14-8-6-9-15-30,31-16-10-7-11-17-31)38-24-27(3)32-18-12-13-19-35(32)38/h6-26,38-39H,4-5H2,1-3H3. The van der Waals surface area contributed by atoms with Gasteiger partial charge in [-0.25, -0.2) is 0 Å². The predicted octanol–water partition coefficient (Wildman–Crippen LogP) is 10.1. The highest BCUT2D eigenvalue weighted by atomic mass is 14.5. The topological polar surface area (TPSA) is 0 Å². The highest BCUT2D eigenvalue weighted by molar-refractivity contribution is 5.83. The van der Waals surface area contributed by atoms with Gasteiger partial charge in [-0.1, -0.05) is 141 Å². The molecule has 0 saturated carbocycles. The zero-order valence-corrected chi connectivity index (χ0v) is 23.7. The molecule has 0 bridgehead atoms. The summed E-state index contributed by atoms with van der Waals surface area (Å²) in [7, 11) is 0. The van der Waals surface area contributed by atoms with Gasteiger partial charge in [0.1, 0.15) is 0 Å². The molecule has 7 rings (SSSR count). The summed E-state index contributed by atoms with van der Waals surface area (Å²) in [5.74, 6) is 0.355. The summed E-state index contributed by atoms with van der Waals surface area (Å²) in [5, 5.41) is 0. The van der Waals surface area contributed by atoms with E-state index < -0.39 is 0 Å². The van der Waals surface area contributed by atoms with Crippen LogP contribution in [0.2, 0.25) is 0 Å². The van der Waals surface area contributed by atoms with Crippen LogP contribution in [0.1, 0.15) is 77.1 Å². The zero-order valence-electron chi connectivity index (χ0n) is 23.7. The monoisotopic (exact) mass is 516 g/mol. The average Bonchev–Trinajstić information content (AvgIpc) is 3.53. The molecule has 0 heterocycles. The van der Waals surface area contributed by atoms with Crippen LogP contribution in [-0.2, 0) is 18.3 Å². The molecule has 0 radical (unpaired) electrons. The number of allylic oxidation sites excluding steroid dienone is 2. The molecule has 196 valence electrons. The fourth-order valence-corrected chi connectivity index (χ4v) is 7.69. The van der Waals surface area contributed by atoms with Crippen molar-refractivity contribution in [1.29, 1.82) is 0 Å². The normalized spacial score (nSPS) is 15.9. The maximum Gasteiger partial charge on any atom is 0.0415 e. The molecular weight excluding hydrogens is 480 g/mol. The second kappa shape index (κ2) is 9.79. The van der Waals surface area contributed by atoms with Crippen LogP contribution in [-0.4, -0.2) is 0 Å². The van der Waals surface area contributed by atoms with E-state index >= 15 is 0 Å². The lowest BCUT2D eigenvalue weighted by atomic mass is 9.55. The first-order valence-electron chi connectivity index (χ1n) is 14.8. The Bertz CT molecular complexity index is 1630. The summed E-state index contributed by atoms with van der Waals surface area (Å²) < 4.78 is 0. The van der Waals surface area contributed by atoms with Gasteiger partial charge in [-0.3, -0.25) is 0 Å². The van der Waals surface area contributed by atoms with E-state index in [4.69, 9.17) is 0 Å². The quantitative estimate of drug-likeness (QED) is 0.211. The molecule has 40 heavy (non-hydrogen) atoms. The van der Waals surface area contributed by atoms with Gasteiger partial charge in [-0.05, 0) is 81.0 Å². The summed E-state index contributed by atoms with van der Waals surface area (Å²) in [5.41, 5.74) is 15.1. The van der Waals surface area contributed by atoms with Crippen molar-refractivity contribution in [3.05, 3.63) is 172 Å². The van der Waals surface area contributed by atoms with Crippen molar-refractivity contribution in [2.24, 2.45) is 0 Å². The van der Waals surface area contributed by atoms with Crippen molar-refractivity contribution in [1.82, 2.24) is 0 Å². The minimum absolute atomic E-state index is 0.167. The molecule has 2 aliphatic rings. The zero-order chi connectivity index (χ0) is 27.3. The van der Waals surface area contributed by atoms with Crippen molar-refractivity contribution >= 4 is 5.57 Å². The van der Waals surface area contributed by atoms with Crippen molar-refractivity contribution in [2.45, 2.75) is 50.9 Å². The molecule has 0 spiro atoms. The van der Waals surface area contributed by atoms with Crippen LogP contribution in [0.3, 0.4) is 0 Å². The van der Waals surface area contributed by atoms with E-state index in [1.165, 1.54) is 61.2 Å². The minimum Gasteiger partial charge on any atom is -0.0722 e. The first-order valence-corrected chi connectivity index (χ1v) is 14.8. The van der Waals surface area contributed by atoms with Gasteiger partial charge in [-0.2, -0.15) is 0 Å². The number of benzene rings is 5. The molecule has 0 nitrogen and oxygen atoms in total. The first kappa shape index (κ1) is 24.9. The van der Waals surface area contributed by atoms with Crippen LogP contribution in [0, 0.1) is 0 Å². The number of hydrogen-bond acceptors (Lipinski definition) is 0. The van der Waals surface area contributed by atoms with Gasteiger partial charge in [0.15, 0.2) is 0 Å². The van der Waals surface area contributed by atoms with E-state index in [9.17, 15) is 0 Å². The minimum atomic E-state index is -0.338. The molecule has 0 aliphatic heterocycles. The van der Waals surface area contributed by atoms with Crippen molar-refractivity contribution in [2.75, 3.05) is 0 Å². The van der Waals surface area contributed by atoms with Gasteiger partial charge in [0.25, 0.3) is 0 Å². The van der Waals surface area contributed by atoms with Crippen LogP contribution in [0.25, 0.3) is 16.7 Å². The highest BCUT2D eigenvalue weighted by Crippen LogP contribution is 2.63. The maximum atomic E-state index is 2.57. The molecule has 0 aromatic heterocycles. The molecule has 0 heteroatoms. The van der Waals surface area contributed by atoms with Crippen molar-refractivity contribution < 1.29 is 0 Å².